The molecule has 0 bridgehead atoms. The normalized spacial score (nSPS) is 16.3. The molecule has 0 aromatic heterocycles. The summed E-state index contributed by atoms with van der Waals surface area (Å²) in [5.41, 5.74) is 23.7. The number of carbonyl (C=O) groups is 5. The molecule has 1 fully saturated rings. The van der Waals surface area contributed by atoms with Crippen molar-refractivity contribution in [2.24, 2.45) is 45.7 Å². The van der Waals surface area contributed by atoms with Gasteiger partial charge in [0.05, 0.1) is 12.1 Å². The smallest absolute Gasteiger partial charge is 0.323 e. The number of Topliss-reactive ketones (excluding diaryl/α,β-unsaturated/α-hetero) is 2. The van der Waals surface area contributed by atoms with Crippen LogP contribution in [0.2, 0.25) is 0 Å². The fraction of sp³-hybridized carbons (Fsp3) is 0.538. The van der Waals surface area contributed by atoms with Crippen molar-refractivity contribution in [3.05, 3.63) is 71.8 Å². The van der Waals surface area contributed by atoms with Gasteiger partial charge in [-0.2, -0.15) is 0 Å². The number of unbranched alkanes of at least 4 members (excludes halogenated alkanes) is 1. The van der Waals surface area contributed by atoms with E-state index in [1.807, 2.05) is 74.5 Å². The molecule has 3 rings (SSSR count). The highest BCUT2D eigenvalue weighted by atomic mass is 16.4. The standard InChI is InChI=1S/C39H57N7O6/c1-26(2)21-32(34(48)24-29(15-9-10-18-44-38(41)42)36(50)46-19-16-39(43,17-20-46)37(51)52)45-35(49)30(22-27-11-5-3-6-12-27)25-33(47)31(40)23-28-13-7-4-8-14-28/h3-8,11-14,26,29-32H,9-10,15-25,40,43H2,1-2H3,(H,45,49)(H,51,52)(H4,41,42,44)/t29-,30-,31+,32+/m0/s1. The molecular formula is C39H57N7O6. The molecule has 1 aliphatic rings. The van der Waals surface area contributed by atoms with Crippen LogP contribution in [0.25, 0.3) is 0 Å². The number of aliphatic imine (C=N–C) groups is 1. The number of nitrogens with one attached hydrogen (secondary N) is 1. The van der Waals surface area contributed by atoms with E-state index in [2.05, 4.69) is 10.3 Å². The third-order valence-corrected chi connectivity index (χ3v) is 9.71. The van der Waals surface area contributed by atoms with Crippen LogP contribution in [-0.2, 0) is 36.8 Å². The number of likely N-dealkylation sites (tertiary alicyclic amines) is 1. The van der Waals surface area contributed by atoms with Gasteiger partial charge in [0.25, 0.3) is 0 Å². The maximum absolute atomic E-state index is 14.1. The lowest BCUT2D eigenvalue weighted by Crippen LogP contribution is -2.57. The molecule has 2 aromatic carbocycles. The minimum Gasteiger partial charge on any atom is -0.480 e. The Morgan fingerprint density at radius 1 is 0.846 bits per heavy atom. The van der Waals surface area contributed by atoms with Gasteiger partial charge < -0.3 is 38.3 Å². The van der Waals surface area contributed by atoms with E-state index in [1.165, 1.54) is 0 Å². The Hall–Kier alpha value is -4.62. The van der Waals surface area contributed by atoms with E-state index in [-0.39, 0.29) is 74.5 Å². The summed E-state index contributed by atoms with van der Waals surface area (Å²) in [7, 11) is 0. The SMILES string of the molecule is CC(C)C[C@@H](NC(=O)[C@H](CC(=O)[C@H](N)Cc1ccccc1)Cc1ccccc1)C(=O)C[C@H](CCCCN=C(N)N)C(=O)N1CCC(N)(C(=O)O)CC1. The van der Waals surface area contributed by atoms with Gasteiger partial charge in [0.2, 0.25) is 11.8 Å². The van der Waals surface area contributed by atoms with Crippen LogP contribution in [0.3, 0.4) is 0 Å². The fourth-order valence-electron chi connectivity index (χ4n) is 6.57. The molecular weight excluding hydrogens is 662 g/mol. The summed E-state index contributed by atoms with van der Waals surface area (Å²) in [6.07, 6.45) is 2.48. The minimum atomic E-state index is -1.40. The molecule has 0 spiro atoms. The number of hydrogen-bond acceptors (Lipinski definition) is 8. The first-order valence-electron chi connectivity index (χ1n) is 18.2. The van der Waals surface area contributed by atoms with Crippen LogP contribution in [0.4, 0.5) is 0 Å². The van der Waals surface area contributed by atoms with E-state index in [1.54, 1.807) is 4.90 Å². The number of nitrogens with zero attached hydrogens (tertiary/aromatic N) is 2. The van der Waals surface area contributed by atoms with Crippen molar-refractivity contribution in [3.8, 4) is 0 Å². The zero-order chi connectivity index (χ0) is 38.3. The summed E-state index contributed by atoms with van der Waals surface area (Å²) in [5, 5.41) is 12.5. The molecule has 1 saturated heterocycles. The lowest BCUT2D eigenvalue weighted by atomic mass is 9.86. The molecule has 0 radical (unpaired) electrons. The molecule has 4 atom stereocenters. The van der Waals surface area contributed by atoms with E-state index >= 15 is 0 Å². The van der Waals surface area contributed by atoms with Crippen molar-refractivity contribution in [1.29, 1.82) is 0 Å². The number of guanidine groups is 1. The molecule has 2 amide bonds. The number of aliphatic carboxylic acids is 1. The van der Waals surface area contributed by atoms with Crippen LogP contribution in [-0.4, -0.2) is 82.6 Å². The molecule has 0 saturated carbocycles. The molecule has 10 N–H and O–H groups in total. The average Bonchev–Trinajstić information content (AvgIpc) is 3.10. The Morgan fingerprint density at radius 2 is 1.40 bits per heavy atom. The molecule has 13 heteroatoms. The predicted octanol–water partition coefficient (Wildman–Crippen LogP) is 2.33. The van der Waals surface area contributed by atoms with Crippen LogP contribution in [0.5, 0.6) is 0 Å². The largest absolute Gasteiger partial charge is 0.480 e. The Bertz CT molecular complexity index is 1510. The van der Waals surface area contributed by atoms with Crippen LogP contribution in [0, 0.1) is 17.8 Å². The Labute approximate surface area is 307 Å². The van der Waals surface area contributed by atoms with Crippen molar-refractivity contribution in [2.75, 3.05) is 19.6 Å². The van der Waals surface area contributed by atoms with Crippen molar-refractivity contribution in [3.63, 3.8) is 0 Å². The Kier molecular flexibility index (Phi) is 16.4. The number of ketones is 2. The number of benzene rings is 2. The first-order valence-corrected chi connectivity index (χ1v) is 18.2. The molecule has 0 aliphatic carbocycles. The molecule has 52 heavy (non-hydrogen) atoms. The number of hydrogen-bond donors (Lipinski definition) is 6. The maximum Gasteiger partial charge on any atom is 0.323 e. The summed E-state index contributed by atoms with van der Waals surface area (Å²) in [6, 6.07) is 17.1. The number of rotatable bonds is 21. The number of carboxylic acids is 1. The van der Waals surface area contributed by atoms with Crippen molar-refractivity contribution < 1.29 is 29.1 Å². The maximum atomic E-state index is 14.1. The number of carboxylic acid groups (broad SMARTS) is 1. The van der Waals surface area contributed by atoms with Gasteiger partial charge in [-0.3, -0.25) is 29.0 Å². The van der Waals surface area contributed by atoms with Crippen LogP contribution < -0.4 is 28.3 Å². The van der Waals surface area contributed by atoms with E-state index in [0.29, 0.717) is 38.6 Å². The topological polar surface area (TPSA) is 237 Å². The van der Waals surface area contributed by atoms with Crippen molar-refractivity contribution in [2.45, 2.75) is 95.7 Å². The second kappa shape index (κ2) is 20.4. The lowest BCUT2D eigenvalue weighted by molar-refractivity contribution is -0.149. The van der Waals surface area contributed by atoms with Gasteiger partial charge in [0.1, 0.15) is 5.54 Å². The summed E-state index contributed by atoms with van der Waals surface area (Å²) in [6.45, 7) is 4.59. The molecule has 0 unspecified atom stereocenters. The van der Waals surface area contributed by atoms with Crippen LogP contribution >= 0.6 is 0 Å². The molecule has 284 valence electrons. The van der Waals surface area contributed by atoms with Gasteiger partial charge in [0.15, 0.2) is 17.5 Å². The summed E-state index contributed by atoms with van der Waals surface area (Å²) in [5.74, 6) is -3.79. The highest BCUT2D eigenvalue weighted by molar-refractivity contribution is 5.95. The van der Waals surface area contributed by atoms with Crippen LogP contribution in [0.15, 0.2) is 65.7 Å². The summed E-state index contributed by atoms with van der Waals surface area (Å²) < 4.78 is 0. The van der Waals surface area contributed by atoms with Gasteiger partial charge in [-0.1, -0.05) is 80.9 Å². The van der Waals surface area contributed by atoms with Gasteiger partial charge >= 0.3 is 5.97 Å². The number of nitrogens with two attached hydrogens (primary N) is 4. The van der Waals surface area contributed by atoms with E-state index in [4.69, 9.17) is 22.9 Å². The van der Waals surface area contributed by atoms with Gasteiger partial charge in [-0.25, -0.2) is 0 Å². The van der Waals surface area contributed by atoms with Crippen LogP contribution in [0.1, 0.15) is 76.3 Å². The second-order valence-corrected chi connectivity index (χ2v) is 14.5. The summed E-state index contributed by atoms with van der Waals surface area (Å²) in [4.78, 5) is 72.6. The molecule has 1 heterocycles. The number of carbonyl (C=O) groups excluding carboxylic acids is 4. The monoisotopic (exact) mass is 719 g/mol. The van der Waals surface area contributed by atoms with Crippen molar-refractivity contribution >= 4 is 35.3 Å². The highest BCUT2D eigenvalue weighted by Gasteiger charge is 2.40. The average molecular weight is 720 g/mol. The molecule has 13 nitrogen and oxygen atoms in total. The fourth-order valence-corrected chi connectivity index (χ4v) is 6.57. The second-order valence-electron chi connectivity index (χ2n) is 14.5. The predicted molar refractivity (Wildman–Crippen MR) is 201 cm³/mol. The van der Waals surface area contributed by atoms with Crippen molar-refractivity contribution in [1.82, 2.24) is 10.2 Å². The molecule has 1 aliphatic heterocycles. The number of amides is 2. The minimum absolute atomic E-state index is 0.0301. The third-order valence-electron chi connectivity index (χ3n) is 9.71. The summed E-state index contributed by atoms with van der Waals surface area (Å²) >= 11 is 0. The Balaban J connectivity index is 1.78. The number of piperidine rings is 1. The van der Waals surface area contributed by atoms with E-state index in [0.717, 1.165) is 11.1 Å². The zero-order valence-corrected chi connectivity index (χ0v) is 30.5. The van der Waals surface area contributed by atoms with Gasteiger partial charge in [-0.05, 0) is 62.0 Å². The quantitative estimate of drug-likeness (QED) is 0.0625. The van der Waals surface area contributed by atoms with Gasteiger partial charge in [-0.15, -0.1) is 0 Å². The zero-order valence-electron chi connectivity index (χ0n) is 30.5. The third kappa shape index (κ3) is 13.5. The molecule has 2 aromatic rings. The van der Waals surface area contributed by atoms with Gasteiger partial charge in [0, 0.05) is 44.3 Å². The van der Waals surface area contributed by atoms with E-state index in [9.17, 15) is 29.1 Å². The first-order chi connectivity index (χ1) is 24.7. The Morgan fingerprint density at radius 3 is 1.94 bits per heavy atom. The highest BCUT2D eigenvalue weighted by Crippen LogP contribution is 2.26. The lowest BCUT2D eigenvalue weighted by Gasteiger charge is -2.38. The van der Waals surface area contributed by atoms with E-state index < -0.39 is 41.3 Å². The first kappa shape index (κ1) is 41.8.